The van der Waals surface area contributed by atoms with Crippen LogP contribution >= 0.6 is 0 Å². The maximum absolute atomic E-state index is 5.33. The van der Waals surface area contributed by atoms with Gasteiger partial charge in [0.1, 0.15) is 6.10 Å². The second kappa shape index (κ2) is 10.9. The smallest absolute Gasteiger partial charge is 0.104 e. The van der Waals surface area contributed by atoms with E-state index < -0.39 is 0 Å². The number of rotatable bonds is 13. The molecule has 1 rings (SSSR count). The largest absolute Gasteiger partial charge is 0.379 e. The molecule has 5 nitrogen and oxygen atoms in total. The first-order valence-electron chi connectivity index (χ1n) is 6.36. The van der Waals surface area contributed by atoms with E-state index in [1.165, 1.54) is 0 Å². The van der Waals surface area contributed by atoms with E-state index in [-0.39, 0.29) is 0 Å². The van der Waals surface area contributed by atoms with Crippen LogP contribution in [0.15, 0.2) is 0 Å². The van der Waals surface area contributed by atoms with Crippen molar-refractivity contribution in [1.82, 2.24) is 0 Å². The average Bonchev–Trinajstić information content (AvgIpc) is 3.15. The minimum atomic E-state index is 0.335. The SMILES string of the molecule is CCCOCCOCCOCCOCC1CO1. The Kier molecular flexibility index (Phi) is 9.55. The molecule has 1 fully saturated rings. The summed E-state index contributed by atoms with van der Waals surface area (Å²) in [5, 5.41) is 0. The summed E-state index contributed by atoms with van der Waals surface area (Å²) < 4.78 is 26.3. The van der Waals surface area contributed by atoms with Crippen molar-refractivity contribution < 1.29 is 23.7 Å². The Hall–Kier alpha value is -0.200. The second-order valence-electron chi connectivity index (χ2n) is 3.87. The highest BCUT2D eigenvalue weighted by atomic mass is 16.6. The van der Waals surface area contributed by atoms with Crippen molar-refractivity contribution in [1.29, 1.82) is 0 Å². The quantitative estimate of drug-likeness (QED) is 0.357. The molecule has 5 heteroatoms. The molecule has 1 atom stereocenters. The van der Waals surface area contributed by atoms with Crippen LogP contribution in [-0.4, -0.2) is 65.6 Å². The van der Waals surface area contributed by atoms with Crippen LogP contribution in [0.4, 0.5) is 0 Å². The molecule has 0 N–H and O–H groups in total. The second-order valence-corrected chi connectivity index (χ2v) is 3.87. The van der Waals surface area contributed by atoms with Crippen molar-refractivity contribution in [3.8, 4) is 0 Å². The Morgan fingerprint density at radius 1 is 0.824 bits per heavy atom. The predicted octanol–water partition coefficient (Wildman–Crippen LogP) is 0.862. The van der Waals surface area contributed by atoms with E-state index in [1.807, 2.05) is 0 Å². The van der Waals surface area contributed by atoms with Crippen LogP contribution in [0, 0.1) is 0 Å². The van der Waals surface area contributed by atoms with E-state index in [0.717, 1.165) is 19.6 Å². The summed E-state index contributed by atoms with van der Waals surface area (Å²) >= 11 is 0. The van der Waals surface area contributed by atoms with Crippen molar-refractivity contribution in [3.05, 3.63) is 0 Å². The third-order valence-electron chi connectivity index (χ3n) is 2.17. The summed E-state index contributed by atoms with van der Waals surface area (Å²) in [5.41, 5.74) is 0. The molecular weight excluding hydrogens is 224 g/mol. The minimum absolute atomic E-state index is 0.335. The van der Waals surface area contributed by atoms with Gasteiger partial charge in [0, 0.05) is 6.61 Å². The maximum atomic E-state index is 5.33. The molecule has 0 spiro atoms. The molecule has 1 unspecified atom stereocenters. The van der Waals surface area contributed by atoms with Crippen LogP contribution in [0.3, 0.4) is 0 Å². The zero-order valence-corrected chi connectivity index (χ0v) is 10.7. The first-order valence-corrected chi connectivity index (χ1v) is 6.36. The van der Waals surface area contributed by atoms with E-state index in [1.54, 1.807) is 0 Å². The van der Waals surface area contributed by atoms with Gasteiger partial charge in [-0.15, -0.1) is 0 Å². The van der Waals surface area contributed by atoms with E-state index in [9.17, 15) is 0 Å². The van der Waals surface area contributed by atoms with Crippen LogP contribution in [0.5, 0.6) is 0 Å². The standard InChI is InChI=1S/C12H24O5/c1-2-3-13-4-5-14-6-7-15-8-9-16-10-12-11-17-12/h12H,2-11H2,1H3. The summed E-state index contributed by atoms with van der Waals surface area (Å²) in [6.45, 7) is 8.19. The van der Waals surface area contributed by atoms with Crippen molar-refractivity contribution in [3.63, 3.8) is 0 Å². The Morgan fingerprint density at radius 2 is 1.29 bits per heavy atom. The van der Waals surface area contributed by atoms with Crippen molar-refractivity contribution >= 4 is 0 Å². The van der Waals surface area contributed by atoms with Crippen molar-refractivity contribution in [2.24, 2.45) is 0 Å². The molecular formula is C12H24O5. The van der Waals surface area contributed by atoms with Gasteiger partial charge in [0.15, 0.2) is 0 Å². The zero-order valence-electron chi connectivity index (χ0n) is 10.7. The highest BCUT2D eigenvalue weighted by molar-refractivity contribution is 4.66. The van der Waals surface area contributed by atoms with Gasteiger partial charge in [0.25, 0.3) is 0 Å². The van der Waals surface area contributed by atoms with E-state index in [0.29, 0.717) is 52.4 Å². The van der Waals surface area contributed by atoms with Gasteiger partial charge < -0.3 is 23.7 Å². The molecule has 1 saturated heterocycles. The van der Waals surface area contributed by atoms with Gasteiger partial charge in [0.05, 0.1) is 52.9 Å². The first kappa shape index (κ1) is 14.9. The normalized spacial score (nSPS) is 18.5. The van der Waals surface area contributed by atoms with Crippen molar-refractivity contribution in [2.45, 2.75) is 19.4 Å². The fourth-order valence-corrected chi connectivity index (χ4v) is 1.18. The van der Waals surface area contributed by atoms with Crippen LogP contribution in [0.25, 0.3) is 0 Å². The third-order valence-corrected chi connectivity index (χ3v) is 2.17. The minimum Gasteiger partial charge on any atom is -0.379 e. The summed E-state index contributed by atoms with van der Waals surface area (Å²) in [7, 11) is 0. The Bertz CT molecular complexity index is 161. The van der Waals surface area contributed by atoms with Crippen LogP contribution in [-0.2, 0) is 23.7 Å². The van der Waals surface area contributed by atoms with Crippen LogP contribution in [0.1, 0.15) is 13.3 Å². The molecule has 0 amide bonds. The highest BCUT2D eigenvalue weighted by Crippen LogP contribution is 2.07. The molecule has 0 aromatic rings. The summed E-state index contributed by atoms with van der Waals surface area (Å²) in [6, 6.07) is 0. The van der Waals surface area contributed by atoms with Crippen LogP contribution in [0.2, 0.25) is 0 Å². The average molecular weight is 248 g/mol. The summed E-state index contributed by atoms with van der Waals surface area (Å²) in [4.78, 5) is 0. The van der Waals surface area contributed by atoms with E-state index in [2.05, 4.69) is 6.92 Å². The molecule has 1 aliphatic heterocycles. The fourth-order valence-electron chi connectivity index (χ4n) is 1.18. The van der Waals surface area contributed by atoms with E-state index >= 15 is 0 Å². The molecule has 1 aliphatic rings. The number of hydrogen-bond donors (Lipinski definition) is 0. The van der Waals surface area contributed by atoms with Gasteiger partial charge in [-0.2, -0.15) is 0 Å². The maximum Gasteiger partial charge on any atom is 0.104 e. The van der Waals surface area contributed by atoms with Gasteiger partial charge in [-0.05, 0) is 6.42 Å². The molecule has 0 radical (unpaired) electrons. The number of ether oxygens (including phenoxy) is 5. The lowest BCUT2D eigenvalue weighted by Crippen LogP contribution is -2.13. The lowest BCUT2D eigenvalue weighted by molar-refractivity contribution is -0.00315. The van der Waals surface area contributed by atoms with Gasteiger partial charge >= 0.3 is 0 Å². The Labute approximate surface area is 103 Å². The molecule has 0 saturated carbocycles. The van der Waals surface area contributed by atoms with Gasteiger partial charge in [-0.3, -0.25) is 0 Å². The van der Waals surface area contributed by atoms with Gasteiger partial charge in [-0.1, -0.05) is 6.92 Å². The van der Waals surface area contributed by atoms with Crippen LogP contribution < -0.4 is 0 Å². The number of hydrogen-bond acceptors (Lipinski definition) is 5. The molecule has 1 heterocycles. The Morgan fingerprint density at radius 3 is 1.76 bits per heavy atom. The third kappa shape index (κ3) is 10.7. The monoisotopic (exact) mass is 248 g/mol. The fraction of sp³-hybridized carbons (Fsp3) is 1.00. The Balaban J connectivity index is 1.61. The van der Waals surface area contributed by atoms with Crippen molar-refractivity contribution in [2.75, 3.05) is 59.5 Å². The molecule has 102 valence electrons. The highest BCUT2D eigenvalue weighted by Gasteiger charge is 2.21. The van der Waals surface area contributed by atoms with Gasteiger partial charge in [0.2, 0.25) is 0 Å². The molecule has 0 aromatic heterocycles. The first-order chi connectivity index (χ1) is 8.43. The lowest BCUT2D eigenvalue weighted by Gasteiger charge is -2.06. The van der Waals surface area contributed by atoms with E-state index in [4.69, 9.17) is 23.7 Å². The topological polar surface area (TPSA) is 49.5 Å². The molecule has 0 aliphatic carbocycles. The predicted molar refractivity (Wildman–Crippen MR) is 63.3 cm³/mol. The van der Waals surface area contributed by atoms with Gasteiger partial charge in [-0.25, -0.2) is 0 Å². The molecule has 0 bridgehead atoms. The molecule has 0 aromatic carbocycles. The summed E-state index contributed by atoms with van der Waals surface area (Å²) in [5.74, 6) is 0. The summed E-state index contributed by atoms with van der Waals surface area (Å²) in [6.07, 6.45) is 1.39. The lowest BCUT2D eigenvalue weighted by atomic mass is 10.5. The number of epoxide rings is 1. The zero-order chi connectivity index (χ0) is 12.2. The molecule has 17 heavy (non-hydrogen) atoms.